The lowest BCUT2D eigenvalue weighted by molar-refractivity contribution is 0.122. The van der Waals surface area contributed by atoms with Gasteiger partial charge in [-0.1, -0.05) is 6.07 Å². The van der Waals surface area contributed by atoms with Crippen LogP contribution < -0.4 is 10.2 Å². The van der Waals surface area contributed by atoms with Crippen molar-refractivity contribution in [3.8, 4) is 0 Å². The van der Waals surface area contributed by atoms with Crippen molar-refractivity contribution in [2.45, 2.75) is 26.8 Å². The van der Waals surface area contributed by atoms with Crippen LogP contribution >= 0.6 is 0 Å². The second kappa shape index (κ2) is 7.67. The van der Waals surface area contributed by atoms with Gasteiger partial charge >= 0.3 is 0 Å². The van der Waals surface area contributed by atoms with E-state index in [0.29, 0.717) is 19.0 Å². The van der Waals surface area contributed by atoms with E-state index in [2.05, 4.69) is 25.4 Å². The second-order valence-electron chi connectivity index (χ2n) is 7.25. The fourth-order valence-electron chi connectivity index (χ4n) is 3.54. The van der Waals surface area contributed by atoms with Crippen LogP contribution in [0.2, 0.25) is 0 Å². The van der Waals surface area contributed by atoms with Gasteiger partial charge in [0.1, 0.15) is 11.6 Å². The number of pyridine rings is 1. The molecule has 0 aliphatic carbocycles. The first-order valence-electron chi connectivity index (χ1n) is 9.50. The number of morpholine rings is 1. The van der Waals surface area contributed by atoms with Crippen molar-refractivity contribution in [1.29, 1.82) is 0 Å². The number of aromatic nitrogens is 3. The molecule has 0 saturated carbocycles. The van der Waals surface area contributed by atoms with E-state index in [1.807, 2.05) is 39.1 Å². The van der Waals surface area contributed by atoms with Gasteiger partial charge in [-0.25, -0.2) is 9.37 Å². The molecule has 0 amide bonds. The molecule has 0 unspecified atom stereocenters. The lowest BCUT2D eigenvalue weighted by atomic mass is 10.0. The first kappa shape index (κ1) is 18.6. The van der Waals surface area contributed by atoms with Gasteiger partial charge in [-0.2, -0.15) is 5.10 Å². The number of hydrogen-bond donors (Lipinski definition) is 1. The Morgan fingerprint density at radius 3 is 2.61 bits per heavy atom. The number of halogens is 1. The third-order valence-corrected chi connectivity index (χ3v) is 5.09. The van der Waals surface area contributed by atoms with Gasteiger partial charge < -0.3 is 15.0 Å². The predicted molar refractivity (Wildman–Crippen MR) is 108 cm³/mol. The summed E-state index contributed by atoms with van der Waals surface area (Å²) in [5, 5.41) is 14.0. The standard InChI is InChI=1S/C21H24FN5O/c1-13-8-16(10-17(22)9-13)14(2)24-21-18-11-20(27-4-6-28-7-5-27)23-12-19(18)15(3)25-26-21/h8-12,14H,4-7H2,1-3H3,(H,24,26)/t14-/m1/s1. The predicted octanol–water partition coefficient (Wildman–Crippen LogP) is 3.79. The molecule has 146 valence electrons. The zero-order valence-electron chi connectivity index (χ0n) is 16.4. The molecule has 1 aromatic carbocycles. The van der Waals surface area contributed by atoms with Crippen molar-refractivity contribution >= 4 is 22.4 Å². The average molecular weight is 381 g/mol. The molecule has 3 heterocycles. The van der Waals surface area contributed by atoms with E-state index in [0.717, 1.165) is 46.5 Å². The summed E-state index contributed by atoms with van der Waals surface area (Å²) >= 11 is 0. The van der Waals surface area contributed by atoms with Gasteiger partial charge in [0.05, 0.1) is 24.9 Å². The second-order valence-corrected chi connectivity index (χ2v) is 7.25. The molecule has 0 bridgehead atoms. The highest BCUT2D eigenvalue weighted by molar-refractivity contribution is 5.94. The van der Waals surface area contributed by atoms with Crippen molar-refractivity contribution in [3.63, 3.8) is 0 Å². The molecular weight excluding hydrogens is 357 g/mol. The summed E-state index contributed by atoms with van der Waals surface area (Å²) in [6.45, 7) is 8.85. The number of nitrogens with one attached hydrogen (secondary N) is 1. The molecule has 28 heavy (non-hydrogen) atoms. The largest absolute Gasteiger partial charge is 0.378 e. The van der Waals surface area contributed by atoms with Gasteiger partial charge in [-0.05, 0) is 50.1 Å². The number of fused-ring (bicyclic) bond motifs is 1. The maximum atomic E-state index is 13.8. The smallest absolute Gasteiger partial charge is 0.157 e. The molecule has 0 radical (unpaired) electrons. The molecule has 1 aliphatic heterocycles. The minimum Gasteiger partial charge on any atom is -0.378 e. The zero-order chi connectivity index (χ0) is 19.7. The maximum Gasteiger partial charge on any atom is 0.157 e. The van der Waals surface area contributed by atoms with Gasteiger partial charge in [0.25, 0.3) is 0 Å². The SMILES string of the molecule is Cc1cc(F)cc([C@@H](C)Nc2nnc(C)c3cnc(N4CCOCC4)cc23)c1. The molecule has 1 N–H and O–H groups in total. The van der Waals surface area contributed by atoms with Crippen LogP contribution in [0.25, 0.3) is 10.8 Å². The topological polar surface area (TPSA) is 63.2 Å². The first-order chi connectivity index (χ1) is 13.5. The number of rotatable bonds is 4. The third kappa shape index (κ3) is 3.75. The molecule has 6 nitrogen and oxygen atoms in total. The Labute approximate surface area is 163 Å². The third-order valence-electron chi connectivity index (χ3n) is 5.09. The zero-order valence-corrected chi connectivity index (χ0v) is 16.4. The normalized spacial score (nSPS) is 15.6. The maximum absolute atomic E-state index is 13.8. The fraction of sp³-hybridized carbons (Fsp3) is 0.381. The molecule has 2 aromatic heterocycles. The summed E-state index contributed by atoms with van der Waals surface area (Å²) in [6.07, 6.45) is 1.85. The van der Waals surface area contributed by atoms with Crippen molar-refractivity contribution in [1.82, 2.24) is 15.2 Å². The number of anilines is 2. The van der Waals surface area contributed by atoms with Gasteiger partial charge in [-0.15, -0.1) is 5.10 Å². The van der Waals surface area contributed by atoms with Crippen LogP contribution in [0.5, 0.6) is 0 Å². The van der Waals surface area contributed by atoms with E-state index in [1.54, 1.807) is 6.07 Å². The summed E-state index contributed by atoms with van der Waals surface area (Å²) in [5.74, 6) is 1.34. The van der Waals surface area contributed by atoms with Gasteiger partial charge in [0.15, 0.2) is 5.82 Å². The number of ether oxygens (including phenoxy) is 1. The number of aryl methyl sites for hydroxylation is 2. The van der Waals surface area contributed by atoms with Crippen molar-refractivity contribution in [3.05, 3.63) is 53.1 Å². The summed E-state index contributed by atoms with van der Waals surface area (Å²) in [5.41, 5.74) is 2.59. The molecular formula is C21H24FN5O. The van der Waals surface area contributed by atoms with Gasteiger partial charge in [-0.3, -0.25) is 0 Å². The van der Waals surface area contributed by atoms with Crippen LogP contribution in [0.15, 0.2) is 30.5 Å². The monoisotopic (exact) mass is 381 g/mol. The number of nitrogens with zero attached hydrogens (tertiary/aromatic N) is 4. The van der Waals surface area contributed by atoms with Crippen molar-refractivity contribution < 1.29 is 9.13 Å². The molecule has 1 fully saturated rings. The van der Waals surface area contributed by atoms with E-state index in [1.165, 1.54) is 6.07 Å². The quantitative estimate of drug-likeness (QED) is 0.742. The van der Waals surface area contributed by atoms with Crippen LogP contribution in [0.4, 0.5) is 16.0 Å². The Balaban J connectivity index is 1.70. The lowest BCUT2D eigenvalue weighted by Crippen LogP contribution is -2.36. The molecule has 4 rings (SSSR count). The summed E-state index contributed by atoms with van der Waals surface area (Å²) in [4.78, 5) is 6.83. The highest BCUT2D eigenvalue weighted by atomic mass is 19.1. The summed E-state index contributed by atoms with van der Waals surface area (Å²) in [6, 6.07) is 6.99. The Morgan fingerprint density at radius 1 is 1.07 bits per heavy atom. The van der Waals surface area contributed by atoms with Crippen LogP contribution in [0.3, 0.4) is 0 Å². The highest BCUT2D eigenvalue weighted by Crippen LogP contribution is 2.29. The number of hydrogen-bond acceptors (Lipinski definition) is 6. The van der Waals surface area contributed by atoms with Gasteiger partial charge in [0.2, 0.25) is 0 Å². The Morgan fingerprint density at radius 2 is 1.86 bits per heavy atom. The molecule has 3 aromatic rings. The molecule has 1 atom stereocenters. The molecule has 1 aliphatic rings. The van der Waals surface area contributed by atoms with E-state index >= 15 is 0 Å². The molecule has 7 heteroatoms. The number of benzene rings is 1. The van der Waals surface area contributed by atoms with Crippen LogP contribution in [-0.4, -0.2) is 41.5 Å². The van der Waals surface area contributed by atoms with Crippen LogP contribution in [0.1, 0.15) is 29.8 Å². The fourth-order valence-corrected chi connectivity index (χ4v) is 3.54. The van der Waals surface area contributed by atoms with Crippen LogP contribution in [0, 0.1) is 19.7 Å². The van der Waals surface area contributed by atoms with Crippen molar-refractivity contribution in [2.75, 3.05) is 36.5 Å². The van der Waals surface area contributed by atoms with E-state index < -0.39 is 0 Å². The highest BCUT2D eigenvalue weighted by Gasteiger charge is 2.17. The van der Waals surface area contributed by atoms with E-state index in [-0.39, 0.29) is 11.9 Å². The van der Waals surface area contributed by atoms with E-state index in [9.17, 15) is 4.39 Å². The van der Waals surface area contributed by atoms with Crippen LogP contribution in [-0.2, 0) is 4.74 Å². The van der Waals surface area contributed by atoms with Crippen molar-refractivity contribution in [2.24, 2.45) is 0 Å². The average Bonchev–Trinajstić information content (AvgIpc) is 2.70. The van der Waals surface area contributed by atoms with Gasteiger partial charge in [0, 0.05) is 30.1 Å². The molecule has 1 saturated heterocycles. The summed E-state index contributed by atoms with van der Waals surface area (Å²) in [7, 11) is 0. The Kier molecular flexibility index (Phi) is 5.09. The minimum atomic E-state index is -0.234. The lowest BCUT2D eigenvalue weighted by Gasteiger charge is -2.28. The Bertz CT molecular complexity index is 983. The Hall–Kier alpha value is -2.80. The summed E-state index contributed by atoms with van der Waals surface area (Å²) < 4.78 is 19.2. The minimum absolute atomic E-state index is 0.116. The first-order valence-corrected chi connectivity index (χ1v) is 9.50. The molecule has 0 spiro atoms. The van der Waals surface area contributed by atoms with E-state index in [4.69, 9.17) is 4.74 Å².